The van der Waals surface area contributed by atoms with Crippen LogP contribution in [0.3, 0.4) is 0 Å². The first-order chi connectivity index (χ1) is 5.96. The van der Waals surface area contributed by atoms with Crippen molar-refractivity contribution in [3.05, 3.63) is 0 Å². The molecule has 4 heteroatoms. The molecule has 1 fully saturated rings. The molecule has 4 nitrogen and oxygen atoms in total. The largest absolute Gasteiger partial charge is 0.481 e. The Kier molecular flexibility index (Phi) is 2.93. The van der Waals surface area contributed by atoms with Crippen LogP contribution in [0, 0.1) is 5.41 Å². The monoisotopic (exact) mass is 186 g/mol. The van der Waals surface area contributed by atoms with E-state index in [-0.39, 0.29) is 6.04 Å². The van der Waals surface area contributed by atoms with E-state index in [9.17, 15) is 4.79 Å². The first-order valence-electron chi connectivity index (χ1n) is 4.60. The first kappa shape index (κ1) is 10.5. The highest BCUT2D eigenvalue weighted by Crippen LogP contribution is 2.43. The molecule has 76 valence electrons. The fraction of sp³-hybridized carbons (Fsp3) is 0.889. The van der Waals surface area contributed by atoms with Crippen LogP contribution in [0.1, 0.15) is 19.3 Å². The van der Waals surface area contributed by atoms with Gasteiger partial charge >= 0.3 is 5.97 Å². The highest BCUT2D eigenvalue weighted by atomic mass is 16.4. The van der Waals surface area contributed by atoms with Crippen LogP contribution in [-0.2, 0) is 4.79 Å². The lowest BCUT2D eigenvalue weighted by molar-refractivity contribution is -0.156. The number of rotatable bonds is 4. The zero-order valence-corrected chi connectivity index (χ0v) is 8.29. The summed E-state index contributed by atoms with van der Waals surface area (Å²) in [4.78, 5) is 13.0. The highest BCUT2D eigenvalue weighted by molar-refractivity contribution is 5.76. The average Bonchev–Trinajstić information content (AvgIpc) is 1.94. The highest BCUT2D eigenvalue weighted by Gasteiger charge is 2.48. The van der Waals surface area contributed by atoms with Gasteiger partial charge in [-0.15, -0.1) is 0 Å². The van der Waals surface area contributed by atoms with Crippen LogP contribution in [0.15, 0.2) is 0 Å². The number of aliphatic carboxylic acids is 1. The number of nitrogens with two attached hydrogens (primary N) is 1. The van der Waals surface area contributed by atoms with E-state index < -0.39 is 11.4 Å². The maximum Gasteiger partial charge on any atom is 0.309 e. The molecule has 13 heavy (non-hydrogen) atoms. The number of hydrogen-bond donors (Lipinski definition) is 2. The van der Waals surface area contributed by atoms with Crippen molar-refractivity contribution in [1.82, 2.24) is 4.90 Å². The lowest BCUT2D eigenvalue weighted by Crippen LogP contribution is -2.51. The summed E-state index contributed by atoms with van der Waals surface area (Å²) in [7, 11) is 3.91. The van der Waals surface area contributed by atoms with Crippen LogP contribution in [-0.4, -0.2) is 42.7 Å². The lowest BCUT2D eigenvalue weighted by atomic mass is 9.64. The molecule has 0 aromatic heterocycles. The quantitative estimate of drug-likeness (QED) is 0.655. The van der Waals surface area contributed by atoms with Gasteiger partial charge in [0.1, 0.15) is 0 Å². The van der Waals surface area contributed by atoms with Crippen LogP contribution in [0.5, 0.6) is 0 Å². The van der Waals surface area contributed by atoms with E-state index in [4.69, 9.17) is 10.8 Å². The van der Waals surface area contributed by atoms with E-state index in [1.165, 1.54) is 0 Å². The molecule has 1 aliphatic rings. The second-order valence-electron chi connectivity index (χ2n) is 4.31. The third kappa shape index (κ3) is 2.19. The summed E-state index contributed by atoms with van der Waals surface area (Å²) in [6.45, 7) is 0.818. The molecule has 0 aliphatic heterocycles. The molecule has 0 aromatic carbocycles. The van der Waals surface area contributed by atoms with Gasteiger partial charge in [-0.25, -0.2) is 0 Å². The molecular formula is C9H18N2O2. The molecule has 0 unspecified atom stereocenters. The minimum absolute atomic E-state index is 0.0956. The summed E-state index contributed by atoms with van der Waals surface area (Å²) in [5.74, 6) is -0.684. The Hall–Kier alpha value is -0.610. The van der Waals surface area contributed by atoms with Crippen LogP contribution in [0.25, 0.3) is 0 Å². The molecule has 1 saturated carbocycles. The van der Waals surface area contributed by atoms with E-state index in [1.54, 1.807) is 0 Å². The van der Waals surface area contributed by atoms with Crippen LogP contribution in [0.2, 0.25) is 0 Å². The van der Waals surface area contributed by atoms with Crippen molar-refractivity contribution in [2.24, 2.45) is 11.1 Å². The Morgan fingerprint density at radius 1 is 1.62 bits per heavy atom. The number of carboxylic acid groups (broad SMARTS) is 1. The molecule has 1 rings (SSSR count). The van der Waals surface area contributed by atoms with Gasteiger partial charge in [0.15, 0.2) is 0 Å². The van der Waals surface area contributed by atoms with E-state index in [2.05, 4.69) is 0 Å². The predicted molar refractivity (Wildman–Crippen MR) is 50.4 cm³/mol. The Bertz CT molecular complexity index is 198. The third-order valence-corrected chi connectivity index (χ3v) is 2.80. The molecule has 1 aliphatic carbocycles. The van der Waals surface area contributed by atoms with Crippen molar-refractivity contribution in [1.29, 1.82) is 0 Å². The molecule has 0 heterocycles. The topological polar surface area (TPSA) is 66.6 Å². The Morgan fingerprint density at radius 3 is 2.46 bits per heavy atom. The Labute approximate surface area is 78.7 Å². The second kappa shape index (κ2) is 3.64. The first-order valence-corrected chi connectivity index (χ1v) is 4.60. The van der Waals surface area contributed by atoms with E-state index in [0.717, 1.165) is 6.54 Å². The molecule has 3 N–H and O–H groups in total. The van der Waals surface area contributed by atoms with Crippen molar-refractivity contribution < 1.29 is 9.90 Å². The predicted octanol–water partition coefficient (Wildman–Crippen LogP) is 0.130. The van der Waals surface area contributed by atoms with Crippen molar-refractivity contribution in [3.63, 3.8) is 0 Å². The Balaban J connectivity index is 2.46. The molecule has 0 radical (unpaired) electrons. The van der Waals surface area contributed by atoms with Gasteiger partial charge in [0, 0.05) is 6.04 Å². The standard InChI is InChI=1S/C9H18N2O2/c1-11(2)4-3-9(8(12)13)5-7(10)6-9/h7H,3-6,10H2,1-2H3,(H,12,13). The van der Waals surface area contributed by atoms with Gasteiger partial charge in [-0.3, -0.25) is 4.79 Å². The summed E-state index contributed by atoms with van der Waals surface area (Å²) >= 11 is 0. The summed E-state index contributed by atoms with van der Waals surface area (Å²) in [5.41, 5.74) is 5.10. The maximum absolute atomic E-state index is 11.0. The van der Waals surface area contributed by atoms with Crippen molar-refractivity contribution in [2.45, 2.75) is 25.3 Å². The zero-order valence-electron chi connectivity index (χ0n) is 8.29. The molecule has 0 aromatic rings. The lowest BCUT2D eigenvalue weighted by Gasteiger charge is -2.43. The van der Waals surface area contributed by atoms with Crippen molar-refractivity contribution >= 4 is 5.97 Å². The van der Waals surface area contributed by atoms with Gasteiger partial charge in [0.2, 0.25) is 0 Å². The molecular weight excluding hydrogens is 168 g/mol. The minimum Gasteiger partial charge on any atom is -0.481 e. The summed E-state index contributed by atoms with van der Waals surface area (Å²) in [5, 5.41) is 9.04. The molecule has 0 amide bonds. The summed E-state index contributed by atoms with van der Waals surface area (Å²) in [6.07, 6.45) is 1.98. The fourth-order valence-electron chi connectivity index (χ4n) is 1.87. The molecule has 0 saturated heterocycles. The van der Waals surface area contributed by atoms with Gasteiger partial charge in [-0.1, -0.05) is 0 Å². The van der Waals surface area contributed by atoms with Crippen LogP contribution in [0.4, 0.5) is 0 Å². The van der Waals surface area contributed by atoms with Gasteiger partial charge in [-0.05, 0) is 39.9 Å². The molecule has 0 bridgehead atoms. The molecule has 0 spiro atoms. The van der Waals surface area contributed by atoms with Gasteiger partial charge in [0.05, 0.1) is 5.41 Å². The maximum atomic E-state index is 11.0. The normalized spacial score (nSPS) is 33.1. The number of hydrogen-bond acceptors (Lipinski definition) is 3. The fourth-order valence-corrected chi connectivity index (χ4v) is 1.87. The SMILES string of the molecule is CN(C)CCC1(C(=O)O)CC(N)C1. The van der Waals surface area contributed by atoms with Gasteiger partial charge in [0.25, 0.3) is 0 Å². The van der Waals surface area contributed by atoms with E-state index in [0.29, 0.717) is 19.3 Å². The number of nitrogens with zero attached hydrogens (tertiary/aromatic N) is 1. The number of carboxylic acids is 1. The molecule has 0 atom stereocenters. The van der Waals surface area contributed by atoms with E-state index in [1.807, 2.05) is 19.0 Å². The van der Waals surface area contributed by atoms with Crippen molar-refractivity contribution in [3.8, 4) is 0 Å². The zero-order chi connectivity index (χ0) is 10.1. The smallest absolute Gasteiger partial charge is 0.309 e. The third-order valence-electron chi connectivity index (χ3n) is 2.80. The van der Waals surface area contributed by atoms with Crippen LogP contribution < -0.4 is 5.73 Å². The summed E-state index contributed by atoms with van der Waals surface area (Å²) in [6, 6.07) is 0.0956. The van der Waals surface area contributed by atoms with Gasteiger partial charge in [-0.2, -0.15) is 0 Å². The Morgan fingerprint density at radius 2 is 2.15 bits per heavy atom. The number of carbonyl (C=O) groups is 1. The average molecular weight is 186 g/mol. The second-order valence-corrected chi connectivity index (χ2v) is 4.31. The van der Waals surface area contributed by atoms with Crippen LogP contribution >= 0.6 is 0 Å². The minimum atomic E-state index is -0.684. The van der Waals surface area contributed by atoms with Crippen molar-refractivity contribution in [2.75, 3.05) is 20.6 Å². The van der Waals surface area contributed by atoms with E-state index >= 15 is 0 Å². The summed E-state index contributed by atoms with van der Waals surface area (Å²) < 4.78 is 0. The van der Waals surface area contributed by atoms with Gasteiger partial charge < -0.3 is 15.7 Å².